The van der Waals surface area contributed by atoms with E-state index in [1.807, 2.05) is 6.92 Å². The molecular formula is C13H16Cl2N2O2. The van der Waals surface area contributed by atoms with Crippen LogP contribution in [-0.4, -0.2) is 24.8 Å². The maximum Gasteiger partial charge on any atom is 0.319 e. The molecule has 1 aliphatic heterocycles. The summed E-state index contributed by atoms with van der Waals surface area (Å²) in [4.78, 5) is 11.9. The molecular weight excluding hydrogens is 287 g/mol. The highest BCUT2D eigenvalue weighted by Gasteiger charge is 2.23. The van der Waals surface area contributed by atoms with Crippen molar-refractivity contribution in [3.8, 4) is 0 Å². The monoisotopic (exact) mass is 302 g/mol. The van der Waals surface area contributed by atoms with Crippen molar-refractivity contribution in [1.29, 1.82) is 0 Å². The van der Waals surface area contributed by atoms with Gasteiger partial charge in [0, 0.05) is 6.61 Å². The van der Waals surface area contributed by atoms with E-state index in [1.165, 1.54) is 0 Å². The molecule has 1 saturated heterocycles. The zero-order valence-electron chi connectivity index (χ0n) is 10.6. The van der Waals surface area contributed by atoms with Crippen LogP contribution < -0.4 is 10.6 Å². The van der Waals surface area contributed by atoms with Crippen LogP contribution in [0.2, 0.25) is 10.0 Å². The van der Waals surface area contributed by atoms with E-state index in [0.29, 0.717) is 15.7 Å². The first-order valence-electron chi connectivity index (χ1n) is 6.21. The van der Waals surface area contributed by atoms with Gasteiger partial charge in [-0.15, -0.1) is 0 Å². The summed E-state index contributed by atoms with van der Waals surface area (Å²) in [7, 11) is 0. The fraction of sp³-hybridized carbons (Fsp3) is 0.462. The van der Waals surface area contributed by atoms with Gasteiger partial charge >= 0.3 is 6.03 Å². The number of hydrogen-bond acceptors (Lipinski definition) is 2. The van der Waals surface area contributed by atoms with Gasteiger partial charge in [0.15, 0.2) is 0 Å². The van der Waals surface area contributed by atoms with Crippen molar-refractivity contribution >= 4 is 34.9 Å². The summed E-state index contributed by atoms with van der Waals surface area (Å²) in [5.74, 6) is 0. The Bertz CT molecular complexity index is 462. The standard InChI is InChI=1S/C13H16Cl2N2O2/c1-8(11-6-3-7-19-11)16-13(18)17-10-5-2-4-9(14)12(10)15/h2,4-5,8,11H,3,6-7H2,1H3,(H2,16,17,18). The normalized spacial score (nSPS) is 20.1. The molecule has 2 unspecified atom stereocenters. The Morgan fingerprint density at radius 2 is 2.26 bits per heavy atom. The zero-order chi connectivity index (χ0) is 13.8. The summed E-state index contributed by atoms with van der Waals surface area (Å²) in [5, 5.41) is 6.27. The molecule has 1 heterocycles. The van der Waals surface area contributed by atoms with Crippen molar-refractivity contribution in [3.63, 3.8) is 0 Å². The van der Waals surface area contributed by atoms with Crippen LogP contribution in [0.1, 0.15) is 19.8 Å². The molecule has 19 heavy (non-hydrogen) atoms. The summed E-state index contributed by atoms with van der Waals surface area (Å²) in [6.45, 7) is 2.69. The van der Waals surface area contributed by atoms with Gasteiger partial charge in [-0.1, -0.05) is 29.3 Å². The second kappa shape index (κ2) is 6.46. The van der Waals surface area contributed by atoms with Gasteiger partial charge in [0.1, 0.15) is 0 Å². The van der Waals surface area contributed by atoms with Crippen molar-refractivity contribution in [2.24, 2.45) is 0 Å². The Balaban J connectivity index is 1.91. The lowest BCUT2D eigenvalue weighted by molar-refractivity contribution is 0.0868. The SMILES string of the molecule is CC(NC(=O)Nc1cccc(Cl)c1Cl)C1CCCO1. The average Bonchev–Trinajstić information content (AvgIpc) is 2.88. The summed E-state index contributed by atoms with van der Waals surface area (Å²) in [6.07, 6.45) is 2.10. The maximum absolute atomic E-state index is 11.9. The molecule has 2 rings (SSSR count). The topological polar surface area (TPSA) is 50.4 Å². The fourth-order valence-electron chi connectivity index (χ4n) is 2.06. The fourth-order valence-corrected chi connectivity index (χ4v) is 2.40. The van der Waals surface area contributed by atoms with Crippen molar-refractivity contribution < 1.29 is 9.53 Å². The van der Waals surface area contributed by atoms with Crippen molar-refractivity contribution in [1.82, 2.24) is 5.32 Å². The van der Waals surface area contributed by atoms with E-state index in [1.54, 1.807) is 18.2 Å². The summed E-state index contributed by atoms with van der Waals surface area (Å²) in [5.41, 5.74) is 0.492. The van der Waals surface area contributed by atoms with Crippen LogP contribution in [0.15, 0.2) is 18.2 Å². The van der Waals surface area contributed by atoms with Gasteiger partial charge in [-0.25, -0.2) is 4.79 Å². The van der Waals surface area contributed by atoms with Gasteiger partial charge in [0.05, 0.1) is 27.9 Å². The number of carbonyl (C=O) groups excluding carboxylic acids is 1. The quantitative estimate of drug-likeness (QED) is 0.895. The predicted octanol–water partition coefficient (Wildman–Crippen LogP) is 3.68. The number of benzene rings is 1. The first kappa shape index (κ1) is 14.4. The van der Waals surface area contributed by atoms with Gasteiger partial charge in [-0.05, 0) is 31.9 Å². The summed E-state index contributed by atoms with van der Waals surface area (Å²) >= 11 is 11.9. The molecule has 0 radical (unpaired) electrons. The first-order chi connectivity index (χ1) is 9.08. The highest BCUT2D eigenvalue weighted by Crippen LogP contribution is 2.29. The molecule has 1 aliphatic rings. The maximum atomic E-state index is 11.9. The van der Waals surface area contributed by atoms with Crippen LogP contribution in [0.25, 0.3) is 0 Å². The van der Waals surface area contributed by atoms with Crippen molar-refractivity contribution in [3.05, 3.63) is 28.2 Å². The van der Waals surface area contributed by atoms with E-state index in [4.69, 9.17) is 27.9 Å². The molecule has 6 heteroatoms. The second-order valence-corrected chi connectivity index (χ2v) is 5.33. The number of nitrogens with one attached hydrogen (secondary N) is 2. The Morgan fingerprint density at radius 3 is 2.95 bits per heavy atom. The summed E-state index contributed by atoms with van der Waals surface area (Å²) in [6, 6.07) is 4.74. The van der Waals surface area contributed by atoms with Gasteiger partial charge in [-0.2, -0.15) is 0 Å². The van der Waals surface area contributed by atoms with Gasteiger partial charge in [0.2, 0.25) is 0 Å². The molecule has 0 spiro atoms. The molecule has 2 atom stereocenters. The lowest BCUT2D eigenvalue weighted by Gasteiger charge is -2.20. The minimum absolute atomic E-state index is 0.0412. The Kier molecular flexibility index (Phi) is 4.91. The number of urea groups is 1. The van der Waals surface area contributed by atoms with Gasteiger partial charge < -0.3 is 15.4 Å². The molecule has 0 aliphatic carbocycles. The lowest BCUT2D eigenvalue weighted by atomic mass is 10.1. The zero-order valence-corrected chi connectivity index (χ0v) is 12.1. The average molecular weight is 303 g/mol. The minimum atomic E-state index is -0.313. The van der Waals surface area contributed by atoms with E-state index in [2.05, 4.69) is 10.6 Å². The van der Waals surface area contributed by atoms with Crippen LogP contribution in [0, 0.1) is 0 Å². The molecule has 1 aromatic carbocycles. The van der Waals surface area contributed by atoms with Gasteiger partial charge in [0.25, 0.3) is 0 Å². The van der Waals surface area contributed by atoms with Gasteiger partial charge in [-0.3, -0.25) is 0 Å². The van der Waals surface area contributed by atoms with Crippen LogP contribution in [0.4, 0.5) is 10.5 Å². The number of anilines is 1. The Hall–Kier alpha value is -0.970. The smallest absolute Gasteiger partial charge is 0.319 e. The number of amides is 2. The largest absolute Gasteiger partial charge is 0.376 e. The molecule has 1 aromatic rings. The third kappa shape index (κ3) is 3.75. The molecule has 2 N–H and O–H groups in total. The number of halogens is 2. The third-order valence-corrected chi connectivity index (χ3v) is 3.90. The van der Waals surface area contributed by atoms with E-state index in [0.717, 1.165) is 19.4 Å². The Labute approximate surface area is 122 Å². The molecule has 1 fully saturated rings. The van der Waals surface area contributed by atoms with E-state index < -0.39 is 0 Å². The van der Waals surface area contributed by atoms with E-state index in [9.17, 15) is 4.79 Å². The van der Waals surface area contributed by atoms with E-state index >= 15 is 0 Å². The number of carbonyl (C=O) groups is 1. The lowest BCUT2D eigenvalue weighted by Crippen LogP contribution is -2.43. The van der Waals surface area contributed by atoms with Crippen LogP contribution in [0.3, 0.4) is 0 Å². The van der Waals surface area contributed by atoms with Crippen molar-refractivity contribution in [2.75, 3.05) is 11.9 Å². The molecule has 0 bridgehead atoms. The highest BCUT2D eigenvalue weighted by molar-refractivity contribution is 6.43. The van der Waals surface area contributed by atoms with Crippen LogP contribution in [0.5, 0.6) is 0 Å². The first-order valence-corrected chi connectivity index (χ1v) is 6.96. The predicted molar refractivity (Wildman–Crippen MR) is 77.1 cm³/mol. The molecule has 0 saturated carbocycles. The second-order valence-electron chi connectivity index (χ2n) is 4.54. The van der Waals surface area contributed by atoms with Crippen molar-refractivity contribution in [2.45, 2.75) is 31.9 Å². The third-order valence-electron chi connectivity index (χ3n) is 3.08. The highest BCUT2D eigenvalue weighted by atomic mass is 35.5. The minimum Gasteiger partial charge on any atom is -0.376 e. The number of rotatable bonds is 3. The van der Waals surface area contributed by atoms with E-state index in [-0.39, 0.29) is 18.2 Å². The Morgan fingerprint density at radius 1 is 1.47 bits per heavy atom. The number of ether oxygens (including phenoxy) is 1. The molecule has 4 nitrogen and oxygen atoms in total. The molecule has 2 amide bonds. The van der Waals surface area contributed by atoms with Crippen LogP contribution >= 0.6 is 23.2 Å². The van der Waals surface area contributed by atoms with Crippen LogP contribution in [-0.2, 0) is 4.74 Å². The summed E-state index contributed by atoms with van der Waals surface area (Å²) < 4.78 is 5.52. The molecule has 0 aromatic heterocycles. The molecule has 104 valence electrons. The number of hydrogen-bond donors (Lipinski definition) is 2.